The number of ketones is 1. The van der Waals surface area contributed by atoms with Crippen molar-refractivity contribution >= 4 is 17.4 Å². The summed E-state index contributed by atoms with van der Waals surface area (Å²) in [5, 5.41) is 10.5. The van der Waals surface area contributed by atoms with Gasteiger partial charge in [0.1, 0.15) is 6.04 Å². The Balaban J connectivity index is 2.14. The lowest BCUT2D eigenvalue weighted by Gasteiger charge is -2.26. The van der Waals surface area contributed by atoms with Gasteiger partial charge in [-0.2, -0.15) is 0 Å². The van der Waals surface area contributed by atoms with Crippen molar-refractivity contribution in [2.45, 2.75) is 33.2 Å². The van der Waals surface area contributed by atoms with Crippen molar-refractivity contribution in [2.75, 3.05) is 4.90 Å². The predicted octanol–water partition coefficient (Wildman–Crippen LogP) is 3.77. The Labute approximate surface area is 153 Å². The highest BCUT2D eigenvalue weighted by molar-refractivity contribution is 6.16. The van der Waals surface area contributed by atoms with E-state index < -0.39 is 17.7 Å². The Morgan fingerprint density at radius 3 is 2.42 bits per heavy atom. The first-order valence-electron chi connectivity index (χ1n) is 8.76. The Bertz CT molecular complexity index is 855. The molecule has 0 saturated heterocycles. The third-order valence-electron chi connectivity index (χ3n) is 4.59. The van der Waals surface area contributed by atoms with Crippen molar-refractivity contribution in [3.63, 3.8) is 0 Å². The van der Waals surface area contributed by atoms with E-state index in [2.05, 4.69) is 11.9 Å². The van der Waals surface area contributed by atoms with Crippen molar-refractivity contribution in [1.29, 1.82) is 0 Å². The molecule has 0 saturated carbocycles. The van der Waals surface area contributed by atoms with E-state index in [9.17, 15) is 14.7 Å². The number of nitrogens with zero attached hydrogens (tertiary/aromatic N) is 2. The zero-order valence-corrected chi connectivity index (χ0v) is 15.1. The van der Waals surface area contributed by atoms with Crippen LogP contribution in [0.1, 0.15) is 38.1 Å². The number of carbonyl (C=O) groups excluding carboxylic acids is 2. The summed E-state index contributed by atoms with van der Waals surface area (Å²) in [6.45, 7) is 5.56. The fourth-order valence-electron chi connectivity index (χ4n) is 3.14. The molecule has 0 aliphatic carbocycles. The lowest BCUT2D eigenvalue weighted by Crippen LogP contribution is -2.32. The van der Waals surface area contributed by atoms with Crippen LogP contribution in [0.4, 0.5) is 5.69 Å². The predicted molar refractivity (Wildman–Crippen MR) is 99.8 cm³/mol. The van der Waals surface area contributed by atoms with Crippen LogP contribution in [-0.4, -0.2) is 21.8 Å². The smallest absolute Gasteiger partial charge is 0.294 e. The number of rotatable bonds is 5. The number of aliphatic hydroxyl groups is 1. The Morgan fingerprint density at radius 1 is 1.19 bits per heavy atom. The van der Waals surface area contributed by atoms with Crippen LogP contribution in [0, 0.1) is 5.92 Å². The average molecular weight is 350 g/mol. The second kappa shape index (κ2) is 7.12. The van der Waals surface area contributed by atoms with Gasteiger partial charge in [-0.1, -0.05) is 39.0 Å². The van der Waals surface area contributed by atoms with E-state index >= 15 is 0 Å². The lowest BCUT2D eigenvalue weighted by atomic mass is 9.93. The number of Topliss-reactive ketones (excluding diaryl/α,β-unsaturated/α-hetero) is 1. The molecule has 1 aromatic heterocycles. The SMILES string of the molecule is CCc1ccc(N2C(=O)C(O)=C(C(=O)C(C)C)C2c2ccccn2)cc1. The number of aromatic nitrogens is 1. The summed E-state index contributed by atoms with van der Waals surface area (Å²) in [7, 11) is 0. The van der Waals surface area contributed by atoms with E-state index in [4.69, 9.17) is 0 Å². The molecular formula is C21H22N2O3. The fraction of sp³-hybridized carbons (Fsp3) is 0.286. The summed E-state index contributed by atoms with van der Waals surface area (Å²) >= 11 is 0. The molecule has 0 fully saturated rings. The number of anilines is 1. The van der Waals surface area contributed by atoms with Crippen molar-refractivity contribution < 1.29 is 14.7 Å². The topological polar surface area (TPSA) is 70.5 Å². The minimum absolute atomic E-state index is 0.114. The molecular weight excluding hydrogens is 328 g/mol. The van der Waals surface area contributed by atoms with Crippen LogP contribution in [0.3, 0.4) is 0 Å². The summed E-state index contributed by atoms with van der Waals surface area (Å²) in [6.07, 6.45) is 2.50. The van der Waals surface area contributed by atoms with E-state index in [0.29, 0.717) is 11.4 Å². The van der Waals surface area contributed by atoms with Crippen LogP contribution in [0.2, 0.25) is 0 Å². The highest BCUT2D eigenvalue weighted by Crippen LogP contribution is 2.41. The standard InChI is InChI=1S/C21H22N2O3/c1-4-14-8-10-15(11-9-14)23-18(16-7-5-6-12-22-16)17(19(24)13(2)3)20(25)21(23)26/h5-13,18,25H,4H2,1-3H3. The molecule has 1 amide bonds. The number of benzene rings is 1. The van der Waals surface area contributed by atoms with Crippen LogP contribution >= 0.6 is 0 Å². The van der Waals surface area contributed by atoms with E-state index in [1.54, 1.807) is 38.2 Å². The van der Waals surface area contributed by atoms with E-state index in [1.165, 1.54) is 4.90 Å². The van der Waals surface area contributed by atoms with Crippen LogP contribution in [-0.2, 0) is 16.0 Å². The van der Waals surface area contributed by atoms with E-state index in [0.717, 1.165) is 12.0 Å². The van der Waals surface area contributed by atoms with Crippen LogP contribution in [0.15, 0.2) is 60.0 Å². The van der Waals surface area contributed by atoms with Gasteiger partial charge in [-0.3, -0.25) is 19.5 Å². The third-order valence-corrected chi connectivity index (χ3v) is 4.59. The molecule has 0 radical (unpaired) electrons. The van der Waals surface area contributed by atoms with Gasteiger partial charge in [-0.25, -0.2) is 0 Å². The van der Waals surface area contributed by atoms with Crippen molar-refractivity contribution in [3.05, 3.63) is 71.3 Å². The van der Waals surface area contributed by atoms with Crippen molar-refractivity contribution in [2.24, 2.45) is 5.92 Å². The molecule has 26 heavy (non-hydrogen) atoms. The van der Waals surface area contributed by atoms with E-state index in [-0.39, 0.29) is 17.3 Å². The zero-order valence-electron chi connectivity index (χ0n) is 15.1. The van der Waals surface area contributed by atoms with Gasteiger partial charge in [0.25, 0.3) is 5.91 Å². The minimum atomic E-state index is -0.730. The molecule has 0 bridgehead atoms. The molecule has 1 unspecified atom stereocenters. The summed E-state index contributed by atoms with van der Waals surface area (Å²) in [5.74, 6) is -1.65. The first kappa shape index (κ1) is 17.9. The first-order chi connectivity index (χ1) is 12.5. The Kier molecular flexibility index (Phi) is 4.89. The highest BCUT2D eigenvalue weighted by atomic mass is 16.3. The molecule has 1 atom stereocenters. The number of aliphatic hydroxyl groups excluding tert-OH is 1. The van der Waals surface area contributed by atoms with E-state index in [1.807, 2.05) is 24.3 Å². The Morgan fingerprint density at radius 2 is 1.88 bits per heavy atom. The average Bonchev–Trinajstić information content (AvgIpc) is 2.93. The summed E-state index contributed by atoms with van der Waals surface area (Å²) in [4.78, 5) is 31.3. The number of amides is 1. The molecule has 3 rings (SSSR count). The molecule has 1 aromatic carbocycles. The maximum Gasteiger partial charge on any atom is 0.294 e. The molecule has 1 aliphatic heterocycles. The monoisotopic (exact) mass is 350 g/mol. The lowest BCUT2D eigenvalue weighted by molar-refractivity contribution is -0.119. The number of carbonyl (C=O) groups is 2. The van der Waals surface area contributed by atoms with Crippen LogP contribution in [0.25, 0.3) is 0 Å². The highest BCUT2D eigenvalue weighted by Gasteiger charge is 2.45. The molecule has 1 N–H and O–H groups in total. The minimum Gasteiger partial charge on any atom is -0.503 e. The third kappa shape index (κ3) is 3.01. The summed E-state index contributed by atoms with van der Waals surface area (Å²) < 4.78 is 0. The maximum absolute atomic E-state index is 12.8. The number of hydrogen-bond donors (Lipinski definition) is 1. The molecule has 5 nitrogen and oxygen atoms in total. The number of pyridine rings is 1. The van der Waals surface area contributed by atoms with Crippen molar-refractivity contribution in [3.8, 4) is 0 Å². The normalized spacial score (nSPS) is 17.3. The second-order valence-electron chi connectivity index (χ2n) is 6.63. The molecule has 0 spiro atoms. The van der Waals surface area contributed by atoms with Gasteiger partial charge < -0.3 is 5.11 Å². The van der Waals surface area contributed by atoms with Gasteiger partial charge >= 0.3 is 0 Å². The second-order valence-corrected chi connectivity index (χ2v) is 6.63. The van der Waals surface area contributed by atoms with Crippen LogP contribution in [0.5, 0.6) is 0 Å². The summed E-state index contributed by atoms with van der Waals surface area (Å²) in [5.41, 5.74) is 2.43. The molecule has 2 aromatic rings. The van der Waals surface area contributed by atoms with Gasteiger partial charge in [-0.15, -0.1) is 0 Å². The molecule has 134 valence electrons. The number of aryl methyl sites for hydroxylation is 1. The van der Waals surface area contributed by atoms with Gasteiger partial charge in [0, 0.05) is 17.8 Å². The van der Waals surface area contributed by atoms with Gasteiger partial charge in [0.05, 0.1) is 11.3 Å². The van der Waals surface area contributed by atoms with Crippen LogP contribution < -0.4 is 4.90 Å². The van der Waals surface area contributed by atoms with Gasteiger partial charge in [0.15, 0.2) is 11.5 Å². The maximum atomic E-state index is 12.8. The molecule has 1 aliphatic rings. The quantitative estimate of drug-likeness (QED) is 0.891. The van der Waals surface area contributed by atoms with Gasteiger partial charge in [-0.05, 0) is 36.2 Å². The zero-order chi connectivity index (χ0) is 18.8. The first-order valence-corrected chi connectivity index (χ1v) is 8.76. The summed E-state index contributed by atoms with van der Waals surface area (Å²) in [6, 6.07) is 12.2. The molecule has 5 heteroatoms. The Hall–Kier alpha value is -2.95. The largest absolute Gasteiger partial charge is 0.503 e. The van der Waals surface area contributed by atoms with Crippen molar-refractivity contribution in [1.82, 2.24) is 4.98 Å². The number of hydrogen-bond acceptors (Lipinski definition) is 4. The van der Waals surface area contributed by atoms with Gasteiger partial charge in [0.2, 0.25) is 0 Å². The fourth-order valence-corrected chi connectivity index (χ4v) is 3.14. The molecule has 2 heterocycles.